The summed E-state index contributed by atoms with van der Waals surface area (Å²) in [4.78, 5) is 18.2. The molecule has 2 fully saturated rings. The Balaban J connectivity index is 1.51. The second kappa shape index (κ2) is 6.15. The minimum atomic E-state index is 0.0717. The molecule has 2 aliphatic rings. The lowest BCUT2D eigenvalue weighted by molar-refractivity contribution is 0.0777. The molecule has 134 valence electrons. The van der Waals surface area contributed by atoms with Gasteiger partial charge in [-0.15, -0.1) is 0 Å². The van der Waals surface area contributed by atoms with E-state index in [0.29, 0.717) is 12.1 Å². The van der Waals surface area contributed by atoms with E-state index >= 15 is 0 Å². The second-order valence-electron chi connectivity index (χ2n) is 7.98. The molecule has 5 heteroatoms. The molecule has 1 aliphatic heterocycles. The predicted octanol–water partition coefficient (Wildman–Crippen LogP) is 2.81. The van der Waals surface area contributed by atoms with Crippen LogP contribution in [0.5, 0.6) is 0 Å². The third kappa shape index (κ3) is 3.07. The number of rotatable bonds is 4. The van der Waals surface area contributed by atoms with Gasteiger partial charge in [-0.05, 0) is 63.1 Å². The van der Waals surface area contributed by atoms with E-state index in [1.807, 2.05) is 18.9 Å². The van der Waals surface area contributed by atoms with Gasteiger partial charge in [-0.3, -0.25) is 15.6 Å². The number of hydrogen-bond acceptors (Lipinski definition) is 3. The van der Waals surface area contributed by atoms with Crippen LogP contribution in [-0.4, -0.2) is 41.5 Å². The Morgan fingerprint density at radius 3 is 2.68 bits per heavy atom. The first kappa shape index (κ1) is 16.6. The molecule has 2 atom stereocenters. The average molecular weight is 340 g/mol. The summed E-state index contributed by atoms with van der Waals surface area (Å²) in [5.41, 5.74) is 12.0. The van der Waals surface area contributed by atoms with Gasteiger partial charge in [-0.2, -0.15) is 0 Å². The molecule has 1 aromatic carbocycles. The number of hydrazine groups is 1. The van der Waals surface area contributed by atoms with Crippen LogP contribution in [0, 0.1) is 26.7 Å². The Kier molecular flexibility index (Phi) is 4.08. The third-order valence-corrected chi connectivity index (χ3v) is 5.77. The number of carbonyl (C=O) groups excluding carboxylic acids is 1. The Morgan fingerprint density at radius 2 is 1.96 bits per heavy atom. The summed E-state index contributed by atoms with van der Waals surface area (Å²) >= 11 is 0. The fourth-order valence-corrected chi connectivity index (χ4v) is 4.18. The number of fused-ring (bicyclic) bond motifs is 1. The molecule has 25 heavy (non-hydrogen) atoms. The normalized spacial score (nSPS) is 23.4. The van der Waals surface area contributed by atoms with Crippen molar-refractivity contribution in [2.24, 2.45) is 5.92 Å². The van der Waals surface area contributed by atoms with Crippen LogP contribution < -0.4 is 10.9 Å². The van der Waals surface area contributed by atoms with Gasteiger partial charge in [-0.25, -0.2) is 0 Å². The van der Waals surface area contributed by atoms with Crippen molar-refractivity contribution in [1.82, 2.24) is 20.7 Å². The van der Waals surface area contributed by atoms with Crippen LogP contribution in [0.15, 0.2) is 12.1 Å². The van der Waals surface area contributed by atoms with Crippen LogP contribution in [0.4, 0.5) is 0 Å². The number of aromatic nitrogens is 1. The molecule has 3 N–H and O–H groups in total. The Morgan fingerprint density at radius 1 is 1.20 bits per heavy atom. The monoisotopic (exact) mass is 340 g/mol. The number of carbonyl (C=O) groups is 1. The highest BCUT2D eigenvalue weighted by molar-refractivity contribution is 6.01. The van der Waals surface area contributed by atoms with Crippen LogP contribution in [0.1, 0.15) is 46.4 Å². The van der Waals surface area contributed by atoms with Crippen LogP contribution in [0.3, 0.4) is 0 Å². The maximum Gasteiger partial charge on any atom is 0.270 e. The van der Waals surface area contributed by atoms with E-state index in [9.17, 15) is 4.79 Å². The molecule has 1 saturated carbocycles. The molecule has 2 unspecified atom stereocenters. The first-order valence-electron chi connectivity index (χ1n) is 9.30. The largest absolute Gasteiger partial charge is 0.350 e. The van der Waals surface area contributed by atoms with E-state index in [-0.39, 0.29) is 5.91 Å². The number of H-pyrrole nitrogens is 1. The van der Waals surface area contributed by atoms with Gasteiger partial charge < -0.3 is 9.88 Å². The standard InChI is InChI=1S/C20H28N4O/c1-11-7-12(2)18-16(8-11)13(3)19(21-18)20(25)24(4)10-15-9-17(23-22-15)14-5-6-14/h7-8,14-15,17,21-23H,5-6,9-10H2,1-4H3. The molecule has 1 amide bonds. The highest BCUT2D eigenvalue weighted by atomic mass is 16.2. The number of likely N-dealkylation sites (N-methyl/N-ethyl adjacent to an activating group) is 1. The van der Waals surface area contributed by atoms with Gasteiger partial charge >= 0.3 is 0 Å². The van der Waals surface area contributed by atoms with Crippen molar-refractivity contribution in [2.45, 2.75) is 52.1 Å². The van der Waals surface area contributed by atoms with E-state index in [0.717, 1.165) is 41.0 Å². The van der Waals surface area contributed by atoms with Crippen LogP contribution >= 0.6 is 0 Å². The van der Waals surface area contributed by atoms with Crippen molar-refractivity contribution < 1.29 is 4.79 Å². The van der Waals surface area contributed by atoms with Gasteiger partial charge in [0, 0.05) is 36.6 Å². The topological polar surface area (TPSA) is 60.2 Å². The van der Waals surface area contributed by atoms with E-state index in [1.54, 1.807) is 0 Å². The van der Waals surface area contributed by atoms with Gasteiger partial charge in [0.15, 0.2) is 0 Å². The van der Waals surface area contributed by atoms with Gasteiger partial charge in [0.1, 0.15) is 5.69 Å². The Hall–Kier alpha value is -1.85. The number of nitrogens with zero attached hydrogens (tertiary/aromatic N) is 1. The highest BCUT2D eigenvalue weighted by Crippen LogP contribution is 2.35. The minimum absolute atomic E-state index is 0.0717. The number of aromatic amines is 1. The number of benzene rings is 1. The predicted molar refractivity (Wildman–Crippen MR) is 101 cm³/mol. The molecule has 1 saturated heterocycles. The van der Waals surface area contributed by atoms with E-state index in [4.69, 9.17) is 0 Å². The number of aryl methyl sites for hydroxylation is 3. The van der Waals surface area contributed by atoms with Crippen LogP contribution in [0.25, 0.3) is 10.9 Å². The molecule has 2 aromatic rings. The summed E-state index contributed by atoms with van der Waals surface area (Å²) in [6.45, 7) is 6.95. The zero-order chi connectivity index (χ0) is 17.7. The van der Waals surface area contributed by atoms with Crippen molar-refractivity contribution in [3.05, 3.63) is 34.5 Å². The molecular formula is C20H28N4O. The van der Waals surface area contributed by atoms with Crippen LogP contribution in [-0.2, 0) is 0 Å². The fourth-order valence-electron chi connectivity index (χ4n) is 4.18. The molecule has 4 rings (SSSR count). The smallest absolute Gasteiger partial charge is 0.270 e. The molecular weight excluding hydrogens is 312 g/mol. The summed E-state index contributed by atoms with van der Waals surface area (Å²) in [6, 6.07) is 5.22. The van der Waals surface area contributed by atoms with E-state index in [1.165, 1.54) is 24.0 Å². The second-order valence-corrected chi connectivity index (χ2v) is 7.98. The lowest BCUT2D eigenvalue weighted by atomic mass is 10.0. The van der Waals surface area contributed by atoms with E-state index in [2.05, 4.69) is 41.8 Å². The molecule has 0 radical (unpaired) electrons. The van der Waals surface area contributed by atoms with Gasteiger partial charge in [0.2, 0.25) is 0 Å². The van der Waals surface area contributed by atoms with Gasteiger partial charge in [-0.1, -0.05) is 11.6 Å². The molecule has 1 aliphatic carbocycles. The number of nitrogens with one attached hydrogen (secondary N) is 3. The fraction of sp³-hybridized carbons (Fsp3) is 0.550. The maximum absolute atomic E-state index is 13.0. The van der Waals surface area contributed by atoms with Crippen molar-refractivity contribution in [3.8, 4) is 0 Å². The third-order valence-electron chi connectivity index (χ3n) is 5.77. The molecule has 5 nitrogen and oxygen atoms in total. The maximum atomic E-state index is 13.0. The zero-order valence-corrected chi connectivity index (χ0v) is 15.6. The van der Waals surface area contributed by atoms with Gasteiger partial charge in [0.25, 0.3) is 5.91 Å². The number of amides is 1. The lowest BCUT2D eigenvalue weighted by Gasteiger charge is -2.21. The Labute approximate surface area is 149 Å². The van der Waals surface area contributed by atoms with Crippen LogP contribution in [0.2, 0.25) is 0 Å². The van der Waals surface area contributed by atoms with Gasteiger partial charge in [0.05, 0.1) is 0 Å². The summed E-state index contributed by atoms with van der Waals surface area (Å²) in [6.07, 6.45) is 3.79. The summed E-state index contributed by atoms with van der Waals surface area (Å²) < 4.78 is 0. The molecule has 0 spiro atoms. The minimum Gasteiger partial charge on any atom is -0.350 e. The summed E-state index contributed by atoms with van der Waals surface area (Å²) in [5, 5.41) is 1.16. The SMILES string of the molecule is Cc1cc(C)c2[nH]c(C(=O)N(C)CC3CC(C4CC4)NN3)c(C)c2c1. The van der Waals surface area contributed by atoms with E-state index < -0.39 is 0 Å². The molecule has 1 aromatic heterocycles. The van der Waals surface area contributed by atoms with Crippen molar-refractivity contribution >= 4 is 16.8 Å². The number of hydrogen-bond donors (Lipinski definition) is 3. The van der Waals surface area contributed by atoms with Crippen molar-refractivity contribution in [3.63, 3.8) is 0 Å². The zero-order valence-electron chi connectivity index (χ0n) is 15.6. The Bertz CT molecular complexity index is 821. The average Bonchev–Trinajstić information content (AvgIpc) is 3.23. The van der Waals surface area contributed by atoms with Crippen molar-refractivity contribution in [1.29, 1.82) is 0 Å². The summed E-state index contributed by atoms with van der Waals surface area (Å²) in [5.74, 6) is 0.906. The van der Waals surface area contributed by atoms with Crippen molar-refractivity contribution in [2.75, 3.05) is 13.6 Å². The first-order valence-corrected chi connectivity index (χ1v) is 9.30. The quantitative estimate of drug-likeness (QED) is 0.802. The lowest BCUT2D eigenvalue weighted by Crippen LogP contribution is -2.41. The molecule has 2 heterocycles. The highest BCUT2D eigenvalue weighted by Gasteiger charge is 2.37. The summed E-state index contributed by atoms with van der Waals surface area (Å²) in [7, 11) is 1.90. The first-order chi connectivity index (χ1) is 11.9. The molecule has 0 bridgehead atoms.